The number of benzene rings is 1. The number of allylic oxidation sites excluding steroid dienone is 1. The van der Waals surface area contributed by atoms with E-state index in [1.165, 1.54) is 22.9 Å². The summed E-state index contributed by atoms with van der Waals surface area (Å²) in [6.07, 6.45) is 0.682. The van der Waals surface area contributed by atoms with Crippen LogP contribution in [0.5, 0.6) is 0 Å². The number of carbonyl (C=O) groups excluding carboxylic acids is 3. The monoisotopic (exact) mass is 314 g/mol. The fourth-order valence-corrected chi connectivity index (χ4v) is 2.88. The fourth-order valence-electron chi connectivity index (χ4n) is 2.88. The van der Waals surface area contributed by atoms with Crippen LogP contribution >= 0.6 is 0 Å². The van der Waals surface area contributed by atoms with Crippen molar-refractivity contribution in [3.8, 4) is 0 Å². The van der Waals surface area contributed by atoms with E-state index < -0.39 is 11.9 Å². The molecule has 2 aliphatic rings. The summed E-state index contributed by atoms with van der Waals surface area (Å²) in [5.74, 6) is 4.58. The van der Waals surface area contributed by atoms with Crippen LogP contribution in [0.1, 0.15) is 14.2 Å². The van der Waals surface area contributed by atoms with E-state index in [1.54, 1.807) is 17.8 Å². The molecule has 1 aromatic carbocycles. The zero-order valence-electron chi connectivity index (χ0n) is 13.1. The number of hydrogen-bond acceptors (Lipinski definition) is 6. The molecule has 0 spiro atoms. The van der Waals surface area contributed by atoms with E-state index >= 15 is 0 Å². The second-order valence-corrected chi connectivity index (χ2v) is 5.17. The first-order valence-electron chi connectivity index (χ1n) is 7.36. The average Bonchev–Trinajstić information content (AvgIpc) is 2.89. The number of nitrogens with zero attached hydrogens (tertiary/aromatic N) is 2. The lowest BCUT2D eigenvalue weighted by atomic mass is 10.00. The number of rotatable bonds is 1. The van der Waals surface area contributed by atoms with Gasteiger partial charge in [0.15, 0.2) is 5.94 Å². The Balaban J connectivity index is 2.15. The molecule has 23 heavy (non-hydrogen) atoms. The Morgan fingerprint density at radius 3 is 2.70 bits per heavy atom. The third-order valence-corrected chi connectivity index (χ3v) is 3.93. The molecule has 0 amide bonds. The lowest BCUT2D eigenvalue weighted by Gasteiger charge is -2.33. The largest absolute Gasteiger partial charge is 0.342 e. The highest BCUT2D eigenvalue weighted by molar-refractivity contribution is 5.88. The van der Waals surface area contributed by atoms with Crippen LogP contribution in [0.3, 0.4) is 0 Å². The molecule has 6 nitrogen and oxygen atoms in total. The first kappa shape index (κ1) is 13.6. The Bertz CT molecular complexity index is 881. The maximum atomic E-state index is 13.7. The zero-order chi connectivity index (χ0) is 17.4. The van der Waals surface area contributed by atoms with Gasteiger partial charge in [0.25, 0.3) is 0 Å². The van der Waals surface area contributed by atoms with Crippen LogP contribution in [0, 0.1) is 5.82 Å². The molecule has 0 saturated carbocycles. The highest BCUT2D eigenvalue weighted by Gasteiger charge is 2.39. The van der Waals surface area contributed by atoms with Crippen LogP contribution in [-0.2, 0) is 14.4 Å². The van der Waals surface area contributed by atoms with E-state index in [0.29, 0.717) is 18.5 Å². The smallest absolute Gasteiger partial charge is 0.201 e. The SMILES string of the molecule is [2H]c1c(F)ccc2c1N(C)C(=C=O)N2C1CCC(=C=O)NC1=C=O. The van der Waals surface area contributed by atoms with E-state index in [9.17, 15) is 18.8 Å². The molecular weight excluding hydrogens is 301 g/mol. The molecule has 116 valence electrons. The van der Waals surface area contributed by atoms with Gasteiger partial charge in [-0.3, -0.25) is 0 Å². The van der Waals surface area contributed by atoms with Crippen LogP contribution < -0.4 is 15.1 Å². The number of hydrogen-bond donors (Lipinski definition) is 1. The summed E-state index contributed by atoms with van der Waals surface area (Å²) in [7, 11) is 1.52. The molecule has 7 heteroatoms. The molecule has 2 aliphatic heterocycles. The van der Waals surface area contributed by atoms with Gasteiger partial charge in [0.1, 0.15) is 29.1 Å². The number of halogens is 1. The van der Waals surface area contributed by atoms with E-state index in [1.807, 2.05) is 0 Å². The molecule has 0 bridgehead atoms. The van der Waals surface area contributed by atoms with E-state index in [2.05, 4.69) is 5.32 Å². The molecule has 1 saturated heterocycles. The predicted octanol–water partition coefficient (Wildman–Crippen LogP) is 0.938. The van der Waals surface area contributed by atoms with Gasteiger partial charge in [-0.25, -0.2) is 18.8 Å². The van der Waals surface area contributed by atoms with Gasteiger partial charge in [0.2, 0.25) is 5.82 Å². The summed E-state index contributed by atoms with van der Waals surface area (Å²) in [6, 6.07) is 1.62. The third-order valence-electron chi connectivity index (χ3n) is 3.93. The summed E-state index contributed by atoms with van der Waals surface area (Å²) in [5, 5.41) is 2.66. The van der Waals surface area contributed by atoms with Crippen molar-refractivity contribution in [1.82, 2.24) is 5.32 Å². The molecule has 1 aromatic rings. The maximum Gasteiger partial charge on any atom is 0.201 e. The molecule has 1 N–H and O–H groups in total. The second-order valence-electron chi connectivity index (χ2n) is 5.17. The number of anilines is 2. The standard InChI is InChI=1S/C16H12FN3O3/c1-19-15-6-10(17)2-4-14(15)20(16(19)9-23)13-5-3-11(7-21)18-12(13)8-22/h2,4,6,13,18H,3,5H2,1H3/i6D. The van der Waals surface area contributed by atoms with Gasteiger partial charge in [-0.05, 0) is 24.6 Å². The van der Waals surface area contributed by atoms with Gasteiger partial charge >= 0.3 is 0 Å². The van der Waals surface area contributed by atoms with Gasteiger partial charge < -0.3 is 15.1 Å². The summed E-state index contributed by atoms with van der Waals surface area (Å²) in [6.45, 7) is 0. The van der Waals surface area contributed by atoms with Gasteiger partial charge in [-0.1, -0.05) is 0 Å². The molecule has 3 rings (SSSR count). The van der Waals surface area contributed by atoms with Gasteiger partial charge in [0.05, 0.1) is 18.8 Å². The number of fused-ring (bicyclic) bond motifs is 1. The lowest BCUT2D eigenvalue weighted by Crippen LogP contribution is -2.44. The van der Waals surface area contributed by atoms with Crippen molar-refractivity contribution in [1.29, 1.82) is 0 Å². The van der Waals surface area contributed by atoms with Gasteiger partial charge in [0, 0.05) is 13.5 Å². The van der Waals surface area contributed by atoms with Crippen molar-refractivity contribution in [3.63, 3.8) is 0 Å². The molecule has 0 aromatic heterocycles. The first-order valence-corrected chi connectivity index (χ1v) is 6.86. The van der Waals surface area contributed by atoms with E-state index in [-0.39, 0.29) is 28.9 Å². The van der Waals surface area contributed by atoms with Crippen molar-refractivity contribution >= 4 is 29.2 Å². The minimum atomic E-state index is -0.716. The Labute approximate surface area is 132 Å². The van der Waals surface area contributed by atoms with E-state index in [4.69, 9.17) is 1.37 Å². The third kappa shape index (κ3) is 2.26. The lowest BCUT2D eigenvalue weighted by molar-refractivity contribution is 0.527. The highest BCUT2D eigenvalue weighted by atomic mass is 19.1. The molecule has 1 atom stereocenters. The van der Waals surface area contributed by atoms with Crippen molar-refractivity contribution < 1.29 is 20.1 Å². The summed E-state index contributed by atoms with van der Waals surface area (Å²) in [4.78, 5) is 36.4. The number of piperidine rings is 1. The Hall–Kier alpha value is -3.10. The fraction of sp³-hybridized carbons (Fsp3) is 0.250. The predicted molar refractivity (Wildman–Crippen MR) is 81.1 cm³/mol. The van der Waals surface area contributed by atoms with Crippen LogP contribution in [0.25, 0.3) is 0 Å². The highest BCUT2D eigenvalue weighted by Crippen LogP contribution is 2.43. The van der Waals surface area contributed by atoms with Crippen molar-refractivity contribution in [2.75, 3.05) is 16.8 Å². The molecule has 0 aliphatic carbocycles. The van der Waals surface area contributed by atoms with Crippen LogP contribution in [0.15, 0.2) is 35.4 Å². The Morgan fingerprint density at radius 2 is 2.04 bits per heavy atom. The van der Waals surface area contributed by atoms with E-state index in [0.717, 1.165) is 6.07 Å². The van der Waals surface area contributed by atoms with Crippen LogP contribution in [0.4, 0.5) is 15.8 Å². The molecule has 1 unspecified atom stereocenters. The van der Waals surface area contributed by atoms with Gasteiger partial charge in [-0.15, -0.1) is 0 Å². The number of nitrogens with one attached hydrogen (secondary N) is 1. The minimum absolute atomic E-state index is 0.0576. The Morgan fingerprint density at radius 1 is 1.26 bits per heavy atom. The normalized spacial score (nSPS) is 20.3. The summed E-state index contributed by atoms with van der Waals surface area (Å²) < 4.78 is 21.6. The average molecular weight is 314 g/mol. The topological polar surface area (TPSA) is 69.7 Å². The van der Waals surface area contributed by atoms with Crippen LogP contribution in [0.2, 0.25) is 0 Å². The summed E-state index contributed by atoms with van der Waals surface area (Å²) >= 11 is 0. The minimum Gasteiger partial charge on any atom is -0.342 e. The van der Waals surface area contributed by atoms with Crippen molar-refractivity contribution in [3.05, 3.63) is 41.2 Å². The molecular formula is C16H12FN3O3. The van der Waals surface area contributed by atoms with Gasteiger partial charge in [-0.2, -0.15) is 0 Å². The first-order chi connectivity index (χ1) is 11.5. The molecule has 1 fully saturated rings. The van der Waals surface area contributed by atoms with Crippen molar-refractivity contribution in [2.24, 2.45) is 0 Å². The summed E-state index contributed by atoms with van der Waals surface area (Å²) in [5.41, 5.74) is 0.939. The maximum absolute atomic E-state index is 13.7. The van der Waals surface area contributed by atoms with Crippen molar-refractivity contribution in [2.45, 2.75) is 18.9 Å². The zero-order valence-corrected chi connectivity index (χ0v) is 12.1. The molecule has 2 heterocycles. The Kier molecular flexibility index (Phi) is 3.30. The second kappa shape index (κ2) is 5.59. The van der Waals surface area contributed by atoms with Crippen LogP contribution in [-0.4, -0.2) is 30.9 Å². The molecule has 0 radical (unpaired) electrons. The quantitative estimate of drug-likeness (QED) is 0.778.